The molecule has 14 heteroatoms. The number of halogens is 2. The van der Waals surface area contributed by atoms with Crippen LogP contribution in [0.5, 0.6) is 5.75 Å². The van der Waals surface area contributed by atoms with E-state index in [-0.39, 0.29) is 53.6 Å². The number of nitrogens with zero attached hydrogens (tertiary/aromatic N) is 4. The molecule has 0 bridgehead atoms. The minimum absolute atomic E-state index is 0.0686. The van der Waals surface area contributed by atoms with Gasteiger partial charge >= 0.3 is 0 Å². The summed E-state index contributed by atoms with van der Waals surface area (Å²) in [6, 6.07) is 14.1. The topological polar surface area (TPSA) is 152 Å². The molecule has 0 spiro atoms. The van der Waals surface area contributed by atoms with Crippen LogP contribution < -0.4 is 20.3 Å². The number of benzene rings is 3. The first kappa shape index (κ1) is 37.6. The lowest BCUT2D eigenvalue weighted by molar-refractivity contribution is -0.164. The zero-order valence-electron chi connectivity index (χ0n) is 31.6. The van der Waals surface area contributed by atoms with Gasteiger partial charge < -0.3 is 15.0 Å². The van der Waals surface area contributed by atoms with Crippen LogP contribution in [-0.4, -0.2) is 76.7 Å². The fraction of sp³-hybridized carbons (Fsp3) is 0.429. The van der Waals surface area contributed by atoms with Gasteiger partial charge in [0.1, 0.15) is 29.8 Å². The van der Waals surface area contributed by atoms with Gasteiger partial charge in [-0.05, 0) is 72.9 Å². The zero-order chi connectivity index (χ0) is 39.8. The van der Waals surface area contributed by atoms with Crippen molar-refractivity contribution < 1.29 is 33.1 Å². The van der Waals surface area contributed by atoms with Crippen LogP contribution in [0.2, 0.25) is 5.02 Å². The highest BCUT2D eigenvalue weighted by molar-refractivity contribution is 6.31. The van der Waals surface area contributed by atoms with Gasteiger partial charge in [-0.3, -0.25) is 39.1 Å². The van der Waals surface area contributed by atoms with Crippen LogP contribution in [0.3, 0.4) is 0 Å². The van der Waals surface area contributed by atoms with Crippen molar-refractivity contribution >= 4 is 46.8 Å². The number of carbonyl (C=O) groups is 5. The Hall–Kier alpha value is -5.32. The third kappa shape index (κ3) is 6.19. The molecule has 2 saturated heterocycles. The maximum atomic E-state index is 15.7. The fourth-order valence-corrected chi connectivity index (χ4v) is 10.1. The Morgan fingerprint density at radius 1 is 0.929 bits per heavy atom. The average Bonchev–Trinajstić information content (AvgIpc) is 3.69. The minimum Gasteiger partial charge on any atom is -0.489 e. The Labute approximate surface area is 328 Å². The smallest absolute Gasteiger partial charge is 0.262 e. The summed E-state index contributed by atoms with van der Waals surface area (Å²) in [6.45, 7) is 10.5. The molecule has 1 aliphatic carbocycles. The molecule has 8 rings (SSSR count). The summed E-state index contributed by atoms with van der Waals surface area (Å²) in [6.07, 6.45) is 1.47. The second-order valence-corrected chi connectivity index (χ2v) is 17.1. The summed E-state index contributed by atoms with van der Waals surface area (Å²) < 4.78 is 22.0. The van der Waals surface area contributed by atoms with Gasteiger partial charge in [-0.15, -0.1) is 0 Å². The first-order valence-electron chi connectivity index (χ1n) is 18.9. The van der Waals surface area contributed by atoms with E-state index in [4.69, 9.17) is 16.3 Å². The maximum Gasteiger partial charge on any atom is 0.262 e. The summed E-state index contributed by atoms with van der Waals surface area (Å²) in [5.74, 6) is -2.37. The minimum atomic E-state index is -1.00. The number of carbonyl (C=O) groups excluding carboxylic acids is 5. The van der Waals surface area contributed by atoms with E-state index in [1.54, 1.807) is 42.5 Å². The van der Waals surface area contributed by atoms with Crippen molar-refractivity contribution in [2.45, 2.75) is 90.7 Å². The molecule has 3 fully saturated rings. The summed E-state index contributed by atoms with van der Waals surface area (Å²) in [7, 11) is 0. The molecular weight excluding hydrogens is 739 g/mol. The van der Waals surface area contributed by atoms with Gasteiger partial charge in [0.05, 0.1) is 27.4 Å². The number of rotatable bonds is 7. The van der Waals surface area contributed by atoms with Crippen molar-refractivity contribution in [3.05, 3.63) is 92.8 Å². The van der Waals surface area contributed by atoms with Gasteiger partial charge in [-0.1, -0.05) is 39.3 Å². The lowest BCUT2D eigenvalue weighted by atomic mass is 9.49. The van der Waals surface area contributed by atoms with Crippen LogP contribution in [0.4, 0.5) is 10.1 Å². The summed E-state index contributed by atoms with van der Waals surface area (Å²) in [4.78, 5) is 69.5. The fourth-order valence-electron chi connectivity index (χ4n) is 9.84. The number of nitriles is 1. The number of fused-ring (bicyclic) bond motifs is 2. The van der Waals surface area contributed by atoms with Crippen LogP contribution in [-0.2, 0) is 22.7 Å². The molecule has 4 aliphatic heterocycles. The van der Waals surface area contributed by atoms with E-state index >= 15 is 4.39 Å². The Morgan fingerprint density at radius 3 is 2.14 bits per heavy atom. The Bertz CT molecular complexity index is 2200. The average molecular weight is 781 g/mol. The van der Waals surface area contributed by atoms with Gasteiger partial charge in [0.15, 0.2) is 0 Å². The van der Waals surface area contributed by atoms with Crippen molar-refractivity contribution in [2.24, 2.45) is 10.8 Å². The van der Waals surface area contributed by atoms with Gasteiger partial charge in [0, 0.05) is 67.1 Å². The molecule has 12 nitrogen and oxygen atoms in total. The van der Waals surface area contributed by atoms with Crippen molar-refractivity contribution in [2.75, 3.05) is 18.0 Å². The second-order valence-electron chi connectivity index (χ2n) is 16.7. The SMILES string of the molecule is CC1(C)[C@H](NC(=O)c2ccc(N3CCC(N4Cc5cc6c(cc5C4)C(=O)N(C4CCC(=O)NC4=O)C6=O)CC3)c(F)c2)C(C)(C)[C@H]1Oc1ccc(C#N)c(Cl)c1. The first-order valence-corrected chi connectivity index (χ1v) is 19.3. The largest absolute Gasteiger partial charge is 0.489 e. The molecule has 5 aliphatic rings. The highest BCUT2D eigenvalue weighted by Gasteiger charge is 2.64. The predicted octanol–water partition coefficient (Wildman–Crippen LogP) is 5.35. The Balaban J connectivity index is 0.864. The molecule has 290 valence electrons. The third-order valence-corrected chi connectivity index (χ3v) is 12.8. The summed E-state index contributed by atoms with van der Waals surface area (Å²) >= 11 is 6.23. The Kier molecular flexibility index (Phi) is 9.20. The van der Waals surface area contributed by atoms with E-state index in [1.807, 2.05) is 38.7 Å². The number of piperidine rings is 2. The standard InChI is InChI=1S/C42H42ClFN6O6/c1-41(2)39(42(3,4)40(41)56-27-7-5-23(19-45)30(43)18-27)47-35(52)22-6-8-32(31(44)17-22)48-13-11-26(12-14-48)49-20-24-15-28-29(16-25(24)21-49)38(55)50(37(28)54)33-9-10-34(51)46-36(33)53/h5-8,15-18,26,33,39-40H,9-14,20-21H2,1-4H3,(H,47,52)(H,46,51,53)/t33?,39-,40-. The molecule has 3 aromatic carbocycles. The van der Waals surface area contributed by atoms with Gasteiger partial charge in [0.2, 0.25) is 11.8 Å². The van der Waals surface area contributed by atoms with Crippen LogP contribution in [0.25, 0.3) is 0 Å². The Morgan fingerprint density at radius 2 is 1.57 bits per heavy atom. The van der Waals surface area contributed by atoms with E-state index < -0.39 is 46.3 Å². The van der Waals surface area contributed by atoms with Crippen LogP contribution in [0.15, 0.2) is 48.5 Å². The van der Waals surface area contributed by atoms with Crippen LogP contribution in [0, 0.1) is 28.0 Å². The quantitative estimate of drug-likeness (QED) is 0.303. The number of amides is 5. The molecule has 0 radical (unpaired) electrons. The molecule has 1 unspecified atom stereocenters. The van der Waals surface area contributed by atoms with Crippen molar-refractivity contribution in [1.82, 2.24) is 20.4 Å². The molecule has 3 aromatic rings. The van der Waals surface area contributed by atoms with E-state index in [0.717, 1.165) is 28.9 Å². The third-order valence-electron chi connectivity index (χ3n) is 12.5. The van der Waals surface area contributed by atoms with Gasteiger partial charge in [-0.2, -0.15) is 5.26 Å². The molecule has 1 saturated carbocycles. The van der Waals surface area contributed by atoms with E-state index in [1.165, 1.54) is 6.07 Å². The molecule has 0 aromatic heterocycles. The number of anilines is 1. The normalized spacial score (nSPS) is 24.3. The predicted molar refractivity (Wildman–Crippen MR) is 203 cm³/mol. The molecule has 2 N–H and O–H groups in total. The second kappa shape index (κ2) is 13.7. The monoisotopic (exact) mass is 780 g/mol. The number of ether oxygens (including phenoxy) is 1. The summed E-state index contributed by atoms with van der Waals surface area (Å²) in [5.41, 5.74) is 2.60. The molecule has 56 heavy (non-hydrogen) atoms. The van der Waals surface area contributed by atoms with E-state index in [9.17, 15) is 29.2 Å². The number of imide groups is 2. The highest BCUT2D eigenvalue weighted by Crippen LogP contribution is 2.55. The zero-order valence-corrected chi connectivity index (χ0v) is 32.3. The molecule has 1 atom stereocenters. The molecular formula is C42H42ClFN6O6. The number of hydrogen-bond acceptors (Lipinski definition) is 9. The number of nitrogens with one attached hydrogen (secondary N) is 2. The van der Waals surface area contributed by atoms with Crippen LogP contribution in [0.1, 0.15) is 101 Å². The molecule has 5 amide bonds. The molecule has 4 heterocycles. The van der Waals surface area contributed by atoms with Crippen LogP contribution >= 0.6 is 11.6 Å². The van der Waals surface area contributed by atoms with E-state index in [0.29, 0.717) is 48.2 Å². The lowest BCUT2D eigenvalue weighted by Crippen LogP contribution is -2.74. The van der Waals surface area contributed by atoms with Crippen molar-refractivity contribution in [3.8, 4) is 11.8 Å². The van der Waals surface area contributed by atoms with Crippen molar-refractivity contribution in [3.63, 3.8) is 0 Å². The van der Waals surface area contributed by atoms with Gasteiger partial charge in [0.25, 0.3) is 17.7 Å². The van der Waals surface area contributed by atoms with Crippen molar-refractivity contribution in [1.29, 1.82) is 5.26 Å². The van der Waals surface area contributed by atoms with Gasteiger partial charge in [-0.25, -0.2) is 4.39 Å². The maximum absolute atomic E-state index is 15.7. The summed E-state index contributed by atoms with van der Waals surface area (Å²) in [5, 5.41) is 14.9. The highest BCUT2D eigenvalue weighted by atomic mass is 35.5. The first-order chi connectivity index (χ1) is 26.6. The number of hydrogen-bond donors (Lipinski definition) is 2. The van der Waals surface area contributed by atoms with E-state index in [2.05, 4.69) is 15.5 Å². The lowest BCUT2D eigenvalue weighted by Gasteiger charge is -2.63.